The van der Waals surface area contributed by atoms with Crippen LogP contribution in [0.1, 0.15) is 19.8 Å². The molecule has 7 nitrogen and oxygen atoms in total. The number of hydrogen-bond donors (Lipinski definition) is 2. The molecule has 0 bridgehead atoms. The lowest BCUT2D eigenvalue weighted by Crippen LogP contribution is -2.43. The summed E-state index contributed by atoms with van der Waals surface area (Å²) in [5.74, 6) is -1.15. The number of likely N-dealkylation sites (N-methyl/N-ethyl adjacent to an activating group) is 1. The van der Waals surface area contributed by atoms with Crippen molar-refractivity contribution in [3.8, 4) is 0 Å². The first kappa shape index (κ1) is 12.2. The number of nitrogens with two attached hydrogens (primary N) is 1. The van der Waals surface area contributed by atoms with Gasteiger partial charge in [0.25, 0.3) is 5.91 Å². The Hall–Kier alpha value is -1.92. The number of amides is 3. The van der Waals surface area contributed by atoms with Crippen molar-refractivity contribution in [3.05, 3.63) is 0 Å². The van der Waals surface area contributed by atoms with Gasteiger partial charge in [0.05, 0.1) is 6.54 Å². The van der Waals surface area contributed by atoms with Gasteiger partial charge in [-0.2, -0.15) is 5.10 Å². The summed E-state index contributed by atoms with van der Waals surface area (Å²) in [7, 11) is 0. The maximum atomic E-state index is 11.8. The Labute approximate surface area is 92.7 Å². The van der Waals surface area contributed by atoms with Crippen LogP contribution in [0.5, 0.6) is 0 Å². The number of nitrogens with one attached hydrogen (secondary N) is 1. The third kappa shape index (κ3) is 3.04. The summed E-state index contributed by atoms with van der Waals surface area (Å²) < 4.78 is 0. The van der Waals surface area contributed by atoms with Gasteiger partial charge < -0.3 is 10.6 Å². The van der Waals surface area contributed by atoms with Crippen molar-refractivity contribution in [2.75, 3.05) is 13.1 Å². The highest BCUT2D eigenvalue weighted by molar-refractivity contribution is 6.39. The molecule has 0 spiro atoms. The fraction of sp³-hybridized carbons (Fsp3) is 0.556. The standard InChI is InChI=1S/C9H14N4O3/c1-2-13(5-7(10)14)9(16)6-3-4-8(15)12-11-6/h2-5H2,1H3,(H2,10,14)(H,12,15). The number of hydrogen-bond acceptors (Lipinski definition) is 4. The van der Waals surface area contributed by atoms with E-state index in [0.29, 0.717) is 13.0 Å². The zero-order chi connectivity index (χ0) is 12.1. The topological polar surface area (TPSA) is 105 Å². The van der Waals surface area contributed by atoms with Gasteiger partial charge in [-0.05, 0) is 6.92 Å². The van der Waals surface area contributed by atoms with E-state index in [-0.39, 0.29) is 30.5 Å². The third-order valence-electron chi connectivity index (χ3n) is 2.17. The molecule has 0 radical (unpaired) electrons. The molecule has 0 saturated heterocycles. The molecule has 1 heterocycles. The molecule has 0 saturated carbocycles. The number of carbonyl (C=O) groups is 3. The van der Waals surface area contributed by atoms with E-state index in [0.717, 1.165) is 0 Å². The van der Waals surface area contributed by atoms with Crippen LogP contribution in [0.25, 0.3) is 0 Å². The Balaban J connectivity index is 2.68. The Bertz CT molecular complexity index is 351. The molecular formula is C9H14N4O3. The molecule has 1 rings (SSSR count). The first-order valence-corrected chi connectivity index (χ1v) is 4.97. The van der Waals surface area contributed by atoms with Gasteiger partial charge >= 0.3 is 0 Å². The lowest BCUT2D eigenvalue weighted by Gasteiger charge is -2.21. The van der Waals surface area contributed by atoms with Crippen molar-refractivity contribution in [3.63, 3.8) is 0 Å². The largest absolute Gasteiger partial charge is 0.368 e. The molecule has 0 aromatic heterocycles. The van der Waals surface area contributed by atoms with Crippen LogP contribution >= 0.6 is 0 Å². The average molecular weight is 226 g/mol. The van der Waals surface area contributed by atoms with Crippen LogP contribution in [0.15, 0.2) is 5.10 Å². The SMILES string of the molecule is CCN(CC(N)=O)C(=O)C1=NNC(=O)CC1. The predicted octanol–water partition coefficient (Wildman–Crippen LogP) is -1.41. The molecule has 3 N–H and O–H groups in total. The van der Waals surface area contributed by atoms with E-state index < -0.39 is 5.91 Å². The van der Waals surface area contributed by atoms with Crippen LogP contribution < -0.4 is 11.2 Å². The monoisotopic (exact) mass is 226 g/mol. The van der Waals surface area contributed by atoms with Gasteiger partial charge in [-0.15, -0.1) is 0 Å². The first-order valence-electron chi connectivity index (χ1n) is 4.97. The highest BCUT2D eigenvalue weighted by Crippen LogP contribution is 2.03. The molecule has 1 aliphatic rings. The van der Waals surface area contributed by atoms with Crippen LogP contribution in [0.4, 0.5) is 0 Å². The zero-order valence-corrected chi connectivity index (χ0v) is 9.02. The van der Waals surface area contributed by atoms with Crippen LogP contribution in [0.3, 0.4) is 0 Å². The highest BCUT2D eigenvalue weighted by Gasteiger charge is 2.23. The molecule has 0 aromatic rings. The molecule has 3 amide bonds. The van der Waals surface area contributed by atoms with Crippen LogP contribution in [0, 0.1) is 0 Å². The second kappa shape index (κ2) is 5.24. The van der Waals surface area contributed by atoms with Crippen molar-refractivity contribution in [2.45, 2.75) is 19.8 Å². The number of hydrazone groups is 1. The van der Waals surface area contributed by atoms with Gasteiger partial charge in [0.15, 0.2) is 0 Å². The quantitative estimate of drug-likeness (QED) is 0.615. The summed E-state index contributed by atoms with van der Waals surface area (Å²) in [6, 6.07) is 0. The van der Waals surface area contributed by atoms with Crippen LogP contribution in [-0.2, 0) is 14.4 Å². The third-order valence-corrected chi connectivity index (χ3v) is 2.17. The maximum Gasteiger partial charge on any atom is 0.270 e. The minimum Gasteiger partial charge on any atom is -0.368 e. The van der Waals surface area contributed by atoms with Crippen LogP contribution in [-0.4, -0.2) is 41.4 Å². The van der Waals surface area contributed by atoms with Crippen molar-refractivity contribution < 1.29 is 14.4 Å². The van der Waals surface area contributed by atoms with Gasteiger partial charge in [-0.1, -0.05) is 0 Å². The van der Waals surface area contributed by atoms with E-state index in [4.69, 9.17) is 5.73 Å². The van der Waals surface area contributed by atoms with E-state index in [1.54, 1.807) is 6.92 Å². The second-order valence-electron chi connectivity index (χ2n) is 3.38. The fourth-order valence-corrected chi connectivity index (χ4v) is 1.33. The van der Waals surface area contributed by atoms with Crippen molar-refractivity contribution >= 4 is 23.4 Å². The Kier molecular flexibility index (Phi) is 3.98. The molecule has 7 heteroatoms. The van der Waals surface area contributed by atoms with E-state index in [1.807, 2.05) is 0 Å². The number of nitrogens with zero attached hydrogens (tertiary/aromatic N) is 2. The number of rotatable bonds is 4. The lowest BCUT2D eigenvalue weighted by atomic mass is 10.1. The molecule has 0 unspecified atom stereocenters. The average Bonchev–Trinajstić information content (AvgIpc) is 2.25. The summed E-state index contributed by atoms with van der Waals surface area (Å²) in [5, 5.41) is 3.66. The maximum absolute atomic E-state index is 11.8. The summed E-state index contributed by atoms with van der Waals surface area (Å²) >= 11 is 0. The normalized spacial score (nSPS) is 15.1. The summed E-state index contributed by atoms with van der Waals surface area (Å²) in [5.41, 5.74) is 7.50. The van der Waals surface area contributed by atoms with Gasteiger partial charge in [0.1, 0.15) is 5.71 Å². The highest BCUT2D eigenvalue weighted by atomic mass is 16.2. The summed E-state index contributed by atoms with van der Waals surface area (Å²) in [6.07, 6.45) is 0.526. The van der Waals surface area contributed by atoms with Gasteiger partial charge in [0, 0.05) is 19.4 Å². The van der Waals surface area contributed by atoms with Crippen molar-refractivity contribution in [1.29, 1.82) is 0 Å². The van der Waals surface area contributed by atoms with Crippen molar-refractivity contribution in [1.82, 2.24) is 10.3 Å². The smallest absolute Gasteiger partial charge is 0.270 e. The van der Waals surface area contributed by atoms with Crippen LogP contribution in [0.2, 0.25) is 0 Å². The second-order valence-corrected chi connectivity index (χ2v) is 3.38. The molecule has 0 aromatic carbocycles. The van der Waals surface area contributed by atoms with Gasteiger partial charge in [0.2, 0.25) is 11.8 Å². The lowest BCUT2D eigenvalue weighted by molar-refractivity contribution is -0.130. The van der Waals surface area contributed by atoms with E-state index in [1.165, 1.54) is 4.90 Å². The minimum atomic E-state index is -0.573. The summed E-state index contributed by atoms with van der Waals surface area (Å²) in [6.45, 7) is 1.97. The van der Waals surface area contributed by atoms with Gasteiger partial charge in [-0.3, -0.25) is 14.4 Å². The minimum absolute atomic E-state index is 0.137. The van der Waals surface area contributed by atoms with E-state index in [2.05, 4.69) is 10.5 Å². The molecular weight excluding hydrogens is 212 g/mol. The number of primary amides is 1. The molecule has 0 aliphatic carbocycles. The predicted molar refractivity (Wildman–Crippen MR) is 56.3 cm³/mol. The Morgan fingerprint density at radius 1 is 1.50 bits per heavy atom. The molecule has 1 aliphatic heterocycles. The molecule has 0 atom stereocenters. The number of carbonyl (C=O) groups excluding carboxylic acids is 3. The van der Waals surface area contributed by atoms with Crippen molar-refractivity contribution in [2.24, 2.45) is 10.8 Å². The first-order chi connectivity index (χ1) is 7.54. The molecule has 16 heavy (non-hydrogen) atoms. The molecule has 0 fully saturated rings. The Morgan fingerprint density at radius 2 is 2.19 bits per heavy atom. The fourth-order valence-electron chi connectivity index (χ4n) is 1.33. The zero-order valence-electron chi connectivity index (χ0n) is 9.02. The van der Waals surface area contributed by atoms with E-state index in [9.17, 15) is 14.4 Å². The molecule has 88 valence electrons. The Morgan fingerprint density at radius 3 is 2.62 bits per heavy atom. The van der Waals surface area contributed by atoms with Gasteiger partial charge in [-0.25, -0.2) is 5.43 Å². The summed E-state index contributed by atoms with van der Waals surface area (Å²) in [4.78, 5) is 34.7. The van der Waals surface area contributed by atoms with E-state index >= 15 is 0 Å².